The summed E-state index contributed by atoms with van der Waals surface area (Å²) in [6, 6.07) is 17.2. The summed E-state index contributed by atoms with van der Waals surface area (Å²) < 4.78 is 0. The molecule has 2 nitrogen and oxygen atoms in total. The number of fused-ring (bicyclic) bond motifs is 1. The fraction of sp³-hybridized carbons (Fsp3) is 0.389. The van der Waals surface area contributed by atoms with Crippen LogP contribution in [0.15, 0.2) is 42.5 Å². The zero-order valence-corrected chi connectivity index (χ0v) is 12.6. The van der Waals surface area contributed by atoms with Gasteiger partial charge in [-0.15, -0.1) is 0 Å². The lowest BCUT2D eigenvalue weighted by molar-refractivity contribution is 0.348. The van der Waals surface area contributed by atoms with Crippen molar-refractivity contribution in [2.45, 2.75) is 25.2 Å². The maximum atomic E-state index is 9.83. The largest absolute Gasteiger partial charge is 0.309 e. The van der Waals surface area contributed by atoms with Crippen molar-refractivity contribution in [3.8, 4) is 6.07 Å². The first-order valence-electron chi connectivity index (χ1n) is 7.17. The minimum atomic E-state index is -0.398. The van der Waals surface area contributed by atoms with E-state index in [1.807, 2.05) is 6.07 Å². The van der Waals surface area contributed by atoms with Gasteiger partial charge in [0, 0.05) is 0 Å². The second kappa shape index (κ2) is 6.07. The first-order chi connectivity index (χ1) is 9.63. The first kappa shape index (κ1) is 14.6. The molecule has 0 fully saturated rings. The SMILES string of the molecule is CCC(C#N)(CCN(C)C)c1cccc2ccccc12. The number of hydrogen-bond donors (Lipinski definition) is 0. The number of nitriles is 1. The quantitative estimate of drug-likeness (QED) is 0.819. The summed E-state index contributed by atoms with van der Waals surface area (Å²) in [5.74, 6) is 0. The highest BCUT2D eigenvalue weighted by Gasteiger charge is 2.31. The zero-order chi connectivity index (χ0) is 14.6. The molecule has 1 atom stereocenters. The third-order valence-corrected chi connectivity index (χ3v) is 4.11. The molecule has 0 heterocycles. The predicted octanol–water partition coefficient (Wildman–Crippen LogP) is 3.96. The van der Waals surface area contributed by atoms with E-state index in [1.54, 1.807) is 0 Å². The third-order valence-electron chi connectivity index (χ3n) is 4.11. The van der Waals surface area contributed by atoms with Gasteiger partial charge in [-0.05, 0) is 49.8 Å². The van der Waals surface area contributed by atoms with Crippen LogP contribution in [0.5, 0.6) is 0 Å². The molecule has 0 amide bonds. The average molecular weight is 266 g/mol. The highest BCUT2D eigenvalue weighted by atomic mass is 15.0. The second-order valence-corrected chi connectivity index (χ2v) is 5.63. The van der Waals surface area contributed by atoms with Crippen LogP contribution in [-0.4, -0.2) is 25.5 Å². The Kier molecular flexibility index (Phi) is 4.42. The molecule has 0 aliphatic carbocycles. The van der Waals surface area contributed by atoms with Crippen LogP contribution in [0, 0.1) is 11.3 Å². The van der Waals surface area contributed by atoms with E-state index in [0.29, 0.717) is 0 Å². The van der Waals surface area contributed by atoms with Crippen molar-refractivity contribution < 1.29 is 0 Å². The Hall–Kier alpha value is -1.85. The molecule has 20 heavy (non-hydrogen) atoms. The predicted molar refractivity (Wildman–Crippen MR) is 84.7 cm³/mol. The van der Waals surface area contributed by atoms with Crippen molar-refractivity contribution >= 4 is 10.8 Å². The van der Waals surface area contributed by atoms with Gasteiger partial charge in [0.2, 0.25) is 0 Å². The normalized spacial score (nSPS) is 14.2. The molecule has 0 aliphatic heterocycles. The Morgan fingerprint density at radius 2 is 1.80 bits per heavy atom. The molecule has 0 radical (unpaired) electrons. The van der Waals surface area contributed by atoms with Crippen LogP contribution in [0.2, 0.25) is 0 Å². The molecule has 2 aromatic carbocycles. The van der Waals surface area contributed by atoms with E-state index < -0.39 is 5.41 Å². The van der Waals surface area contributed by atoms with Crippen LogP contribution in [0.25, 0.3) is 10.8 Å². The first-order valence-corrected chi connectivity index (χ1v) is 7.17. The molecule has 2 aromatic rings. The molecule has 1 unspecified atom stereocenters. The fourth-order valence-electron chi connectivity index (χ4n) is 2.75. The van der Waals surface area contributed by atoms with Crippen molar-refractivity contribution in [1.82, 2.24) is 4.90 Å². The molecule has 0 aromatic heterocycles. The van der Waals surface area contributed by atoms with E-state index in [1.165, 1.54) is 16.3 Å². The van der Waals surface area contributed by atoms with Gasteiger partial charge >= 0.3 is 0 Å². The topological polar surface area (TPSA) is 27.0 Å². The van der Waals surface area contributed by atoms with E-state index in [0.717, 1.165) is 19.4 Å². The van der Waals surface area contributed by atoms with Crippen molar-refractivity contribution in [3.63, 3.8) is 0 Å². The Morgan fingerprint density at radius 1 is 1.10 bits per heavy atom. The van der Waals surface area contributed by atoms with Gasteiger partial charge in [-0.25, -0.2) is 0 Å². The Balaban J connectivity index is 2.55. The number of benzene rings is 2. The van der Waals surface area contributed by atoms with Crippen molar-refractivity contribution in [2.75, 3.05) is 20.6 Å². The summed E-state index contributed by atoms with van der Waals surface area (Å²) in [4.78, 5) is 2.15. The lowest BCUT2D eigenvalue weighted by Crippen LogP contribution is -2.29. The van der Waals surface area contributed by atoms with Gasteiger partial charge in [-0.3, -0.25) is 0 Å². The zero-order valence-electron chi connectivity index (χ0n) is 12.6. The number of nitrogens with zero attached hydrogens (tertiary/aromatic N) is 2. The summed E-state index contributed by atoms with van der Waals surface area (Å²) in [5, 5.41) is 12.3. The fourth-order valence-corrected chi connectivity index (χ4v) is 2.75. The monoisotopic (exact) mass is 266 g/mol. The highest BCUT2D eigenvalue weighted by Crippen LogP contribution is 2.36. The molecule has 2 rings (SSSR count). The van der Waals surface area contributed by atoms with Gasteiger partial charge < -0.3 is 4.90 Å². The van der Waals surface area contributed by atoms with Crippen LogP contribution in [-0.2, 0) is 5.41 Å². The van der Waals surface area contributed by atoms with Crippen LogP contribution in [0.1, 0.15) is 25.3 Å². The lowest BCUT2D eigenvalue weighted by Gasteiger charge is -2.28. The molecule has 0 saturated heterocycles. The number of hydrogen-bond acceptors (Lipinski definition) is 2. The second-order valence-electron chi connectivity index (χ2n) is 5.63. The summed E-state index contributed by atoms with van der Waals surface area (Å²) >= 11 is 0. The maximum absolute atomic E-state index is 9.83. The third kappa shape index (κ3) is 2.69. The maximum Gasteiger partial charge on any atom is 0.0837 e. The lowest BCUT2D eigenvalue weighted by atomic mass is 9.74. The Morgan fingerprint density at radius 3 is 2.45 bits per heavy atom. The van der Waals surface area contributed by atoms with E-state index in [4.69, 9.17) is 0 Å². The summed E-state index contributed by atoms with van der Waals surface area (Å²) in [6.07, 6.45) is 1.70. The molecule has 2 heteroatoms. The standard InChI is InChI=1S/C18H22N2/c1-4-18(14-19,12-13-20(2)3)17-11-7-9-15-8-5-6-10-16(15)17/h5-11H,4,12-13H2,1-3H3. The van der Waals surface area contributed by atoms with E-state index in [9.17, 15) is 5.26 Å². The van der Waals surface area contributed by atoms with E-state index >= 15 is 0 Å². The Bertz CT molecular complexity index is 619. The molecular weight excluding hydrogens is 244 g/mol. The van der Waals surface area contributed by atoms with Gasteiger partial charge in [0.1, 0.15) is 0 Å². The van der Waals surface area contributed by atoms with Crippen LogP contribution in [0.3, 0.4) is 0 Å². The van der Waals surface area contributed by atoms with Crippen LogP contribution < -0.4 is 0 Å². The average Bonchev–Trinajstić information content (AvgIpc) is 2.48. The summed E-state index contributed by atoms with van der Waals surface area (Å²) in [6.45, 7) is 3.03. The minimum Gasteiger partial charge on any atom is -0.309 e. The molecular formula is C18H22N2. The summed E-state index contributed by atoms with van der Waals surface area (Å²) in [7, 11) is 4.11. The van der Waals surface area contributed by atoms with Gasteiger partial charge in [-0.1, -0.05) is 49.4 Å². The van der Waals surface area contributed by atoms with Gasteiger partial charge in [0.05, 0.1) is 11.5 Å². The number of rotatable bonds is 5. The van der Waals surface area contributed by atoms with Gasteiger partial charge in [-0.2, -0.15) is 5.26 Å². The smallest absolute Gasteiger partial charge is 0.0837 e. The highest BCUT2D eigenvalue weighted by molar-refractivity contribution is 5.87. The summed E-state index contributed by atoms with van der Waals surface area (Å²) in [5.41, 5.74) is 0.771. The van der Waals surface area contributed by atoms with Gasteiger partial charge in [0.15, 0.2) is 0 Å². The molecule has 104 valence electrons. The molecule has 0 saturated carbocycles. The van der Waals surface area contributed by atoms with E-state index in [-0.39, 0.29) is 0 Å². The Labute approximate surface area is 121 Å². The minimum absolute atomic E-state index is 0.398. The van der Waals surface area contributed by atoms with Crippen molar-refractivity contribution in [1.29, 1.82) is 5.26 Å². The van der Waals surface area contributed by atoms with E-state index in [2.05, 4.69) is 68.4 Å². The molecule has 0 aliphatic rings. The van der Waals surface area contributed by atoms with Crippen LogP contribution in [0.4, 0.5) is 0 Å². The molecule has 0 spiro atoms. The van der Waals surface area contributed by atoms with Crippen LogP contribution >= 0.6 is 0 Å². The molecule has 0 N–H and O–H groups in total. The van der Waals surface area contributed by atoms with Crippen molar-refractivity contribution in [3.05, 3.63) is 48.0 Å². The molecule has 0 bridgehead atoms. The van der Waals surface area contributed by atoms with Gasteiger partial charge in [0.25, 0.3) is 0 Å². The van der Waals surface area contributed by atoms with Crippen molar-refractivity contribution in [2.24, 2.45) is 0 Å².